The molecule has 1 N–H and O–H groups in total. The molecule has 1 amide bonds. The number of amides is 1. The summed E-state index contributed by atoms with van der Waals surface area (Å²) in [6, 6.07) is 0.434. The number of rotatable bonds is 5. The highest BCUT2D eigenvalue weighted by molar-refractivity contribution is 5.76. The van der Waals surface area contributed by atoms with Gasteiger partial charge in [0.15, 0.2) is 0 Å². The fourth-order valence-electron chi connectivity index (χ4n) is 3.33. The Hall–Kier alpha value is -0.570. The number of carbonyl (C=O) groups excluding carboxylic acids is 1. The summed E-state index contributed by atoms with van der Waals surface area (Å²) in [5, 5.41) is 3.22. The van der Waals surface area contributed by atoms with Gasteiger partial charge < -0.3 is 10.2 Å². The van der Waals surface area contributed by atoms with Crippen molar-refractivity contribution in [2.24, 2.45) is 5.92 Å². The molecule has 1 aliphatic carbocycles. The van der Waals surface area contributed by atoms with E-state index in [0.29, 0.717) is 6.04 Å². The quantitative estimate of drug-likeness (QED) is 0.815. The van der Waals surface area contributed by atoms with Crippen molar-refractivity contribution < 1.29 is 4.79 Å². The van der Waals surface area contributed by atoms with E-state index in [1.165, 1.54) is 25.7 Å². The molecule has 2 aliphatic rings. The van der Waals surface area contributed by atoms with Crippen LogP contribution in [0.5, 0.6) is 0 Å². The van der Waals surface area contributed by atoms with E-state index in [4.69, 9.17) is 0 Å². The molecule has 3 nitrogen and oxygen atoms in total. The topological polar surface area (TPSA) is 32.3 Å². The fourth-order valence-corrected chi connectivity index (χ4v) is 3.33. The summed E-state index contributed by atoms with van der Waals surface area (Å²) in [5.74, 6) is 1.12. The maximum atomic E-state index is 11.9. The van der Waals surface area contributed by atoms with Gasteiger partial charge in [-0.15, -0.1) is 0 Å². The van der Waals surface area contributed by atoms with E-state index in [9.17, 15) is 4.79 Å². The van der Waals surface area contributed by atoms with E-state index >= 15 is 0 Å². The molecule has 0 aromatic heterocycles. The zero-order chi connectivity index (χ0) is 12.8. The van der Waals surface area contributed by atoms with Gasteiger partial charge in [0.25, 0.3) is 0 Å². The number of nitrogens with one attached hydrogen (secondary N) is 1. The molecular weight excluding hydrogens is 224 g/mol. The summed E-state index contributed by atoms with van der Waals surface area (Å²) >= 11 is 0. The van der Waals surface area contributed by atoms with Crippen LogP contribution in [-0.2, 0) is 4.79 Å². The highest BCUT2D eigenvalue weighted by atomic mass is 16.1. The number of likely N-dealkylation sites (tertiary alicyclic amines) is 1. The summed E-state index contributed by atoms with van der Waals surface area (Å²) in [5.41, 5.74) is 0. The summed E-state index contributed by atoms with van der Waals surface area (Å²) in [6.07, 6.45) is 9.57. The summed E-state index contributed by atoms with van der Waals surface area (Å²) in [7, 11) is 0. The Morgan fingerprint density at radius 1 is 1.17 bits per heavy atom. The molecular formula is C15H28N2O. The molecule has 0 atom stereocenters. The van der Waals surface area contributed by atoms with E-state index in [-0.39, 0.29) is 5.91 Å². The van der Waals surface area contributed by atoms with Crippen molar-refractivity contribution in [3.63, 3.8) is 0 Å². The van der Waals surface area contributed by atoms with E-state index in [0.717, 1.165) is 51.2 Å². The molecule has 1 aliphatic heterocycles. The number of nitrogens with zero attached hydrogens (tertiary/aromatic N) is 1. The van der Waals surface area contributed by atoms with Crippen molar-refractivity contribution in [3.05, 3.63) is 0 Å². The average Bonchev–Trinajstić information content (AvgIpc) is 2.90. The fraction of sp³-hybridized carbons (Fsp3) is 0.933. The van der Waals surface area contributed by atoms with Crippen LogP contribution in [0.2, 0.25) is 0 Å². The Morgan fingerprint density at radius 3 is 2.44 bits per heavy atom. The lowest BCUT2D eigenvalue weighted by Gasteiger charge is -2.31. The third-order valence-corrected chi connectivity index (χ3v) is 4.65. The SMILES string of the molecule is CCN1CCC(NC(=O)CCC2CCCC2)CC1. The highest BCUT2D eigenvalue weighted by Crippen LogP contribution is 2.28. The van der Waals surface area contributed by atoms with Crippen LogP contribution in [0.1, 0.15) is 58.3 Å². The van der Waals surface area contributed by atoms with Crippen LogP contribution in [0, 0.1) is 5.92 Å². The largest absolute Gasteiger partial charge is 0.353 e. The summed E-state index contributed by atoms with van der Waals surface area (Å²) in [6.45, 7) is 5.64. The second-order valence-corrected chi connectivity index (χ2v) is 5.97. The van der Waals surface area contributed by atoms with Crippen molar-refractivity contribution in [1.29, 1.82) is 0 Å². The van der Waals surface area contributed by atoms with Gasteiger partial charge in [-0.2, -0.15) is 0 Å². The highest BCUT2D eigenvalue weighted by Gasteiger charge is 2.20. The van der Waals surface area contributed by atoms with E-state index in [1.807, 2.05) is 0 Å². The Morgan fingerprint density at radius 2 is 1.83 bits per heavy atom. The molecule has 0 spiro atoms. The molecule has 104 valence electrons. The van der Waals surface area contributed by atoms with Crippen LogP contribution in [0.15, 0.2) is 0 Å². The van der Waals surface area contributed by atoms with Crippen LogP contribution in [0.4, 0.5) is 0 Å². The van der Waals surface area contributed by atoms with Gasteiger partial charge in [0.05, 0.1) is 0 Å². The van der Waals surface area contributed by atoms with Crippen molar-refractivity contribution in [3.8, 4) is 0 Å². The lowest BCUT2D eigenvalue weighted by molar-refractivity contribution is -0.122. The molecule has 0 aromatic rings. The molecule has 1 saturated carbocycles. The Bertz CT molecular complexity index is 253. The van der Waals surface area contributed by atoms with Crippen molar-refractivity contribution in [1.82, 2.24) is 10.2 Å². The average molecular weight is 252 g/mol. The number of hydrogen-bond acceptors (Lipinski definition) is 2. The second-order valence-electron chi connectivity index (χ2n) is 5.97. The minimum atomic E-state index is 0.289. The molecule has 0 aromatic carbocycles. The maximum absolute atomic E-state index is 11.9. The Labute approximate surface area is 111 Å². The number of carbonyl (C=O) groups is 1. The van der Waals surface area contributed by atoms with E-state index in [2.05, 4.69) is 17.1 Å². The first kappa shape index (κ1) is 13.9. The third-order valence-electron chi connectivity index (χ3n) is 4.65. The van der Waals surface area contributed by atoms with E-state index in [1.54, 1.807) is 0 Å². The molecule has 2 rings (SSSR count). The molecule has 0 bridgehead atoms. The van der Waals surface area contributed by atoms with Gasteiger partial charge in [-0.1, -0.05) is 32.6 Å². The van der Waals surface area contributed by atoms with Gasteiger partial charge in [-0.05, 0) is 31.7 Å². The minimum absolute atomic E-state index is 0.289. The smallest absolute Gasteiger partial charge is 0.220 e. The third kappa shape index (κ3) is 4.27. The number of hydrogen-bond donors (Lipinski definition) is 1. The summed E-state index contributed by atoms with van der Waals surface area (Å²) < 4.78 is 0. The zero-order valence-corrected chi connectivity index (χ0v) is 11.8. The molecule has 3 heteroatoms. The predicted molar refractivity (Wildman–Crippen MR) is 74.5 cm³/mol. The van der Waals surface area contributed by atoms with E-state index < -0.39 is 0 Å². The molecule has 18 heavy (non-hydrogen) atoms. The van der Waals surface area contributed by atoms with Crippen LogP contribution in [0.3, 0.4) is 0 Å². The zero-order valence-electron chi connectivity index (χ0n) is 11.8. The van der Waals surface area contributed by atoms with Crippen LogP contribution in [0.25, 0.3) is 0 Å². The van der Waals surface area contributed by atoms with Gasteiger partial charge in [-0.25, -0.2) is 0 Å². The van der Waals surface area contributed by atoms with Crippen LogP contribution in [-0.4, -0.2) is 36.5 Å². The van der Waals surface area contributed by atoms with Gasteiger partial charge in [-0.3, -0.25) is 4.79 Å². The molecule has 0 radical (unpaired) electrons. The molecule has 0 unspecified atom stereocenters. The van der Waals surface area contributed by atoms with Gasteiger partial charge >= 0.3 is 0 Å². The molecule has 1 heterocycles. The normalized spacial score (nSPS) is 23.4. The first-order valence-corrected chi connectivity index (χ1v) is 7.79. The van der Waals surface area contributed by atoms with Gasteiger partial charge in [0.2, 0.25) is 5.91 Å². The monoisotopic (exact) mass is 252 g/mol. The standard InChI is InChI=1S/C15H28N2O/c1-2-17-11-9-14(10-12-17)16-15(18)8-7-13-5-3-4-6-13/h13-14H,2-12H2,1H3,(H,16,18). The summed E-state index contributed by atoms with van der Waals surface area (Å²) in [4.78, 5) is 14.4. The number of piperidine rings is 1. The first-order chi connectivity index (χ1) is 8.78. The van der Waals surface area contributed by atoms with Crippen LogP contribution < -0.4 is 5.32 Å². The van der Waals surface area contributed by atoms with Gasteiger partial charge in [0.1, 0.15) is 0 Å². The van der Waals surface area contributed by atoms with Gasteiger partial charge in [0, 0.05) is 25.6 Å². The van der Waals surface area contributed by atoms with Crippen molar-refractivity contribution >= 4 is 5.91 Å². The first-order valence-electron chi connectivity index (χ1n) is 7.79. The van der Waals surface area contributed by atoms with Crippen molar-refractivity contribution in [2.45, 2.75) is 64.3 Å². The second kappa shape index (κ2) is 7.13. The Kier molecular flexibility index (Phi) is 5.48. The Balaban J connectivity index is 1.59. The minimum Gasteiger partial charge on any atom is -0.353 e. The van der Waals surface area contributed by atoms with Crippen LogP contribution >= 0.6 is 0 Å². The predicted octanol–water partition coefficient (Wildman–Crippen LogP) is 2.56. The molecule has 2 fully saturated rings. The maximum Gasteiger partial charge on any atom is 0.220 e. The molecule has 1 saturated heterocycles. The van der Waals surface area contributed by atoms with Crippen molar-refractivity contribution in [2.75, 3.05) is 19.6 Å². The lowest BCUT2D eigenvalue weighted by Crippen LogP contribution is -2.44. The lowest BCUT2D eigenvalue weighted by atomic mass is 10.0.